The standard InChI is InChI=1S/C26H42F2N2O2/c1-8-11-32-26(7)17(2)13-29(14-18(26)3)24(31)22-16-30(25(4,5)6)15-21(22)20-10-9-19(27)12-23(20)28/h9,12,17-18,20-22H,8,10-11,13-16H2,1-7H3/t17-,18+,20?,21-,22+,26?/m0/s1. The van der Waals surface area contributed by atoms with Crippen LogP contribution in [0.5, 0.6) is 0 Å². The summed E-state index contributed by atoms with van der Waals surface area (Å²) in [6.45, 7) is 18.3. The van der Waals surface area contributed by atoms with Gasteiger partial charge in [-0.2, -0.15) is 0 Å². The number of carbonyl (C=O) groups excluding carboxylic acids is 1. The summed E-state index contributed by atoms with van der Waals surface area (Å²) in [5.74, 6) is -1.28. The van der Waals surface area contributed by atoms with E-state index in [-0.39, 0.29) is 40.7 Å². The van der Waals surface area contributed by atoms with Gasteiger partial charge in [-0.15, -0.1) is 0 Å². The third-order valence-electron chi connectivity index (χ3n) is 8.22. The first kappa shape index (κ1) is 25.4. The number of hydrogen-bond acceptors (Lipinski definition) is 3. The first-order chi connectivity index (χ1) is 14.9. The van der Waals surface area contributed by atoms with Crippen molar-refractivity contribution in [3.05, 3.63) is 23.8 Å². The van der Waals surface area contributed by atoms with E-state index >= 15 is 0 Å². The Hall–Kier alpha value is -1.27. The molecule has 0 bridgehead atoms. The molecule has 2 saturated heterocycles. The van der Waals surface area contributed by atoms with Crippen molar-refractivity contribution in [1.29, 1.82) is 0 Å². The maximum absolute atomic E-state index is 14.8. The summed E-state index contributed by atoms with van der Waals surface area (Å²) in [4.78, 5) is 18.1. The molecule has 32 heavy (non-hydrogen) atoms. The Bertz CT molecular complexity index is 745. The molecule has 3 aliphatic rings. The predicted octanol–water partition coefficient (Wildman–Crippen LogP) is 5.36. The SMILES string of the molecule is CCCOC1(C)[C@H](C)CN(C(=O)[C@@H]2CN(C(C)(C)C)C[C@H]2C2CC=C(F)C=C2F)C[C@@H]1C. The van der Waals surface area contributed by atoms with Gasteiger partial charge in [0.25, 0.3) is 0 Å². The number of nitrogens with zero attached hydrogens (tertiary/aromatic N) is 2. The van der Waals surface area contributed by atoms with Crippen LogP contribution in [0.4, 0.5) is 8.78 Å². The molecule has 6 atom stereocenters. The molecule has 2 fully saturated rings. The van der Waals surface area contributed by atoms with E-state index in [9.17, 15) is 13.6 Å². The molecule has 182 valence electrons. The summed E-state index contributed by atoms with van der Waals surface area (Å²) in [5, 5.41) is 0. The molecule has 0 saturated carbocycles. The molecule has 0 N–H and O–H groups in total. The summed E-state index contributed by atoms with van der Waals surface area (Å²) in [7, 11) is 0. The van der Waals surface area contributed by atoms with Gasteiger partial charge in [0.05, 0.1) is 11.5 Å². The monoisotopic (exact) mass is 452 g/mol. The van der Waals surface area contributed by atoms with Crippen LogP contribution in [-0.2, 0) is 9.53 Å². The van der Waals surface area contributed by atoms with E-state index in [1.165, 1.54) is 6.08 Å². The number of halogens is 2. The van der Waals surface area contributed by atoms with Crippen molar-refractivity contribution in [3.8, 4) is 0 Å². The highest BCUT2D eigenvalue weighted by atomic mass is 19.1. The van der Waals surface area contributed by atoms with Crippen LogP contribution in [0.1, 0.15) is 61.3 Å². The topological polar surface area (TPSA) is 32.8 Å². The van der Waals surface area contributed by atoms with Crippen LogP contribution in [0.3, 0.4) is 0 Å². The zero-order valence-corrected chi connectivity index (χ0v) is 21.0. The number of amides is 1. The molecule has 1 aliphatic carbocycles. The minimum absolute atomic E-state index is 0.112. The highest BCUT2D eigenvalue weighted by Gasteiger charge is 2.50. The largest absolute Gasteiger partial charge is 0.375 e. The second-order valence-corrected chi connectivity index (χ2v) is 11.4. The molecule has 0 aromatic heterocycles. The second kappa shape index (κ2) is 9.54. The lowest BCUT2D eigenvalue weighted by Crippen LogP contribution is -2.59. The normalized spacial score (nSPS) is 36.8. The van der Waals surface area contributed by atoms with Crippen LogP contribution in [0.2, 0.25) is 0 Å². The maximum Gasteiger partial charge on any atom is 0.227 e. The lowest BCUT2D eigenvalue weighted by molar-refractivity contribution is -0.160. The molecule has 2 aliphatic heterocycles. The van der Waals surface area contributed by atoms with Crippen LogP contribution in [-0.4, -0.2) is 59.6 Å². The first-order valence-corrected chi connectivity index (χ1v) is 12.3. The number of hydrogen-bond donors (Lipinski definition) is 0. The summed E-state index contributed by atoms with van der Waals surface area (Å²) in [6.07, 6.45) is 3.74. The number of rotatable bonds is 5. The Labute approximate surface area is 193 Å². The van der Waals surface area contributed by atoms with Crippen LogP contribution in [0.15, 0.2) is 23.8 Å². The van der Waals surface area contributed by atoms with Crippen molar-refractivity contribution in [2.24, 2.45) is 29.6 Å². The fourth-order valence-electron chi connectivity index (χ4n) is 5.68. The van der Waals surface area contributed by atoms with E-state index in [4.69, 9.17) is 4.74 Å². The van der Waals surface area contributed by atoms with E-state index < -0.39 is 17.6 Å². The number of ether oxygens (including phenoxy) is 1. The lowest BCUT2D eigenvalue weighted by Gasteiger charge is -2.49. The van der Waals surface area contributed by atoms with E-state index in [0.717, 1.165) is 19.1 Å². The van der Waals surface area contributed by atoms with Gasteiger partial charge in [0.2, 0.25) is 5.91 Å². The minimum atomic E-state index is -0.516. The zero-order chi connectivity index (χ0) is 23.8. The Morgan fingerprint density at radius 2 is 1.78 bits per heavy atom. The van der Waals surface area contributed by atoms with E-state index in [0.29, 0.717) is 32.6 Å². The van der Waals surface area contributed by atoms with Crippen molar-refractivity contribution < 1.29 is 18.3 Å². The van der Waals surface area contributed by atoms with Crippen molar-refractivity contribution >= 4 is 5.91 Å². The van der Waals surface area contributed by atoms with Gasteiger partial charge in [-0.05, 0) is 52.5 Å². The Balaban J connectivity index is 1.81. The van der Waals surface area contributed by atoms with Gasteiger partial charge in [0, 0.05) is 62.2 Å². The first-order valence-electron chi connectivity index (χ1n) is 12.3. The van der Waals surface area contributed by atoms with Gasteiger partial charge in [-0.3, -0.25) is 9.69 Å². The average Bonchev–Trinajstić information content (AvgIpc) is 3.15. The van der Waals surface area contributed by atoms with Gasteiger partial charge < -0.3 is 9.64 Å². The molecule has 2 heterocycles. The van der Waals surface area contributed by atoms with Crippen LogP contribution in [0, 0.1) is 29.6 Å². The fraction of sp³-hybridized carbons (Fsp3) is 0.808. The fourth-order valence-corrected chi connectivity index (χ4v) is 5.68. The Morgan fingerprint density at radius 1 is 1.16 bits per heavy atom. The summed E-state index contributed by atoms with van der Waals surface area (Å²) in [5.41, 5.74) is -0.363. The van der Waals surface area contributed by atoms with Gasteiger partial charge in [-0.25, -0.2) is 8.78 Å². The molecular formula is C26H42F2N2O2. The van der Waals surface area contributed by atoms with E-state index in [1.54, 1.807) is 0 Å². The molecule has 1 amide bonds. The molecule has 4 nitrogen and oxygen atoms in total. The second-order valence-electron chi connectivity index (χ2n) is 11.4. The molecule has 2 unspecified atom stereocenters. The van der Waals surface area contributed by atoms with Crippen molar-refractivity contribution in [2.45, 2.75) is 72.4 Å². The smallest absolute Gasteiger partial charge is 0.227 e. The summed E-state index contributed by atoms with van der Waals surface area (Å²) in [6, 6.07) is 0. The van der Waals surface area contributed by atoms with Crippen LogP contribution < -0.4 is 0 Å². The third-order valence-corrected chi connectivity index (χ3v) is 8.22. The maximum atomic E-state index is 14.8. The Kier molecular flexibility index (Phi) is 7.56. The zero-order valence-electron chi connectivity index (χ0n) is 21.0. The predicted molar refractivity (Wildman–Crippen MR) is 124 cm³/mol. The highest BCUT2D eigenvalue weighted by molar-refractivity contribution is 5.80. The minimum Gasteiger partial charge on any atom is -0.375 e. The molecule has 0 spiro atoms. The van der Waals surface area contributed by atoms with Gasteiger partial charge in [0.15, 0.2) is 0 Å². The van der Waals surface area contributed by atoms with E-state index in [1.807, 2.05) is 4.90 Å². The van der Waals surface area contributed by atoms with Crippen molar-refractivity contribution in [3.63, 3.8) is 0 Å². The quantitative estimate of drug-likeness (QED) is 0.563. The van der Waals surface area contributed by atoms with Gasteiger partial charge in [0.1, 0.15) is 11.7 Å². The molecule has 0 radical (unpaired) electrons. The summed E-state index contributed by atoms with van der Waals surface area (Å²) >= 11 is 0. The highest BCUT2D eigenvalue weighted by Crippen LogP contribution is 2.43. The average molecular weight is 453 g/mol. The molecule has 3 rings (SSSR count). The van der Waals surface area contributed by atoms with Crippen molar-refractivity contribution in [1.82, 2.24) is 9.80 Å². The third kappa shape index (κ3) is 4.96. The summed E-state index contributed by atoms with van der Waals surface area (Å²) < 4.78 is 34.7. The number of piperidine rings is 1. The molecule has 0 aromatic rings. The van der Waals surface area contributed by atoms with Gasteiger partial charge in [-0.1, -0.05) is 20.8 Å². The molecule has 0 aromatic carbocycles. The number of likely N-dealkylation sites (tertiary alicyclic amines) is 2. The number of allylic oxidation sites excluding steroid dienone is 4. The molecule has 6 heteroatoms. The van der Waals surface area contributed by atoms with E-state index in [2.05, 4.69) is 53.4 Å². The van der Waals surface area contributed by atoms with Crippen molar-refractivity contribution in [2.75, 3.05) is 32.8 Å². The van der Waals surface area contributed by atoms with Gasteiger partial charge >= 0.3 is 0 Å². The molecular weight excluding hydrogens is 410 g/mol. The number of carbonyl (C=O) groups is 1. The lowest BCUT2D eigenvalue weighted by atomic mass is 9.74. The Morgan fingerprint density at radius 3 is 2.31 bits per heavy atom. The van der Waals surface area contributed by atoms with Crippen LogP contribution in [0.25, 0.3) is 0 Å². The van der Waals surface area contributed by atoms with Crippen LogP contribution >= 0.6 is 0 Å².